The topological polar surface area (TPSA) is 45.4 Å². The summed E-state index contributed by atoms with van der Waals surface area (Å²) in [7, 11) is 0. The third kappa shape index (κ3) is 8.11. The van der Waals surface area contributed by atoms with Gasteiger partial charge in [0.25, 0.3) is 0 Å². The first kappa shape index (κ1) is 28.8. The highest BCUT2D eigenvalue weighted by Gasteiger charge is 2.32. The Bertz CT molecular complexity index is 605. The molecule has 1 saturated carbocycles. The lowest BCUT2D eigenvalue weighted by atomic mass is 9.84. The Labute approximate surface area is 194 Å². The van der Waals surface area contributed by atoms with Gasteiger partial charge in [0.1, 0.15) is 5.82 Å². The van der Waals surface area contributed by atoms with Crippen LogP contribution < -0.4 is 10.6 Å². The number of pyridine rings is 1. The van der Waals surface area contributed by atoms with E-state index in [1.54, 1.807) is 0 Å². The zero-order valence-electron chi connectivity index (χ0n) is 16.0. The van der Waals surface area contributed by atoms with Crippen LogP contribution in [0.25, 0.3) is 0 Å². The summed E-state index contributed by atoms with van der Waals surface area (Å²) in [5.74, 6) is 1.22. The Kier molecular flexibility index (Phi) is 12.5. The van der Waals surface area contributed by atoms with Crippen molar-refractivity contribution < 1.29 is 13.2 Å². The van der Waals surface area contributed by atoms with E-state index >= 15 is 0 Å². The van der Waals surface area contributed by atoms with Gasteiger partial charge in [-0.05, 0) is 50.6 Å². The van der Waals surface area contributed by atoms with Gasteiger partial charge in [-0.2, -0.15) is 13.2 Å². The number of nitrogens with two attached hydrogens (primary N) is 1. The number of halogens is 7. The van der Waals surface area contributed by atoms with Crippen molar-refractivity contribution in [1.29, 1.82) is 0 Å². The van der Waals surface area contributed by atoms with Crippen molar-refractivity contribution in [2.45, 2.75) is 44.3 Å². The van der Waals surface area contributed by atoms with Crippen molar-refractivity contribution in [3.8, 4) is 0 Å². The SMILES string of the molecule is Cl.Cl.Cl.NC1CCC(CCN2CCN(c3ncc(C(F)(F)F)cc3Cl)CC2)CC1. The van der Waals surface area contributed by atoms with E-state index in [0.29, 0.717) is 11.9 Å². The van der Waals surface area contributed by atoms with Crippen molar-refractivity contribution in [3.05, 3.63) is 22.8 Å². The van der Waals surface area contributed by atoms with Gasteiger partial charge in [0, 0.05) is 38.4 Å². The normalized spacial score (nSPS) is 22.9. The van der Waals surface area contributed by atoms with E-state index in [0.717, 1.165) is 63.7 Å². The molecule has 2 N–H and O–H groups in total. The molecule has 2 heterocycles. The largest absolute Gasteiger partial charge is 0.417 e. The van der Waals surface area contributed by atoms with Crippen molar-refractivity contribution >= 4 is 54.6 Å². The first-order valence-electron chi connectivity index (χ1n) is 9.28. The molecule has 2 fully saturated rings. The minimum absolute atomic E-state index is 0. The molecule has 1 aromatic rings. The third-order valence-electron chi connectivity index (χ3n) is 5.57. The number of alkyl halides is 3. The second-order valence-corrected chi connectivity index (χ2v) is 7.83. The molecule has 1 aliphatic heterocycles. The molecular formula is C18H29Cl4F3N4. The maximum absolute atomic E-state index is 12.7. The van der Waals surface area contributed by atoms with Crippen LogP contribution in [0, 0.1) is 5.92 Å². The summed E-state index contributed by atoms with van der Waals surface area (Å²) in [5.41, 5.74) is 5.15. The number of aromatic nitrogens is 1. The Hall–Kier alpha value is -0.180. The molecule has 3 rings (SSSR count). The van der Waals surface area contributed by atoms with E-state index in [2.05, 4.69) is 9.88 Å². The molecule has 0 amide bonds. The van der Waals surface area contributed by atoms with E-state index < -0.39 is 11.7 Å². The average molecular weight is 500 g/mol. The van der Waals surface area contributed by atoms with E-state index in [-0.39, 0.29) is 42.2 Å². The van der Waals surface area contributed by atoms with Gasteiger partial charge in [0.2, 0.25) is 0 Å². The Morgan fingerprint density at radius 3 is 2.14 bits per heavy atom. The van der Waals surface area contributed by atoms with Gasteiger partial charge in [-0.15, -0.1) is 37.2 Å². The van der Waals surface area contributed by atoms with Crippen LogP contribution in [0.15, 0.2) is 12.3 Å². The summed E-state index contributed by atoms with van der Waals surface area (Å²) in [6.45, 7) is 4.29. The van der Waals surface area contributed by atoms with Crippen LogP contribution in [0.1, 0.15) is 37.7 Å². The Morgan fingerprint density at radius 2 is 1.62 bits per heavy atom. The van der Waals surface area contributed by atoms with Crippen LogP contribution in [-0.4, -0.2) is 48.6 Å². The van der Waals surface area contributed by atoms with Crippen molar-refractivity contribution in [1.82, 2.24) is 9.88 Å². The molecule has 4 nitrogen and oxygen atoms in total. The molecule has 0 unspecified atom stereocenters. The van der Waals surface area contributed by atoms with Crippen molar-refractivity contribution in [2.75, 3.05) is 37.6 Å². The number of hydrogen-bond acceptors (Lipinski definition) is 4. The maximum atomic E-state index is 12.7. The van der Waals surface area contributed by atoms with Crippen LogP contribution in [0.4, 0.5) is 19.0 Å². The molecule has 29 heavy (non-hydrogen) atoms. The lowest BCUT2D eigenvalue weighted by molar-refractivity contribution is -0.137. The van der Waals surface area contributed by atoms with Gasteiger partial charge in [-0.25, -0.2) is 4.98 Å². The highest BCUT2D eigenvalue weighted by molar-refractivity contribution is 6.33. The zero-order chi connectivity index (χ0) is 18.7. The van der Waals surface area contributed by atoms with E-state index in [1.807, 2.05) is 4.90 Å². The summed E-state index contributed by atoms with van der Waals surface area (Å²) in [5, 5.41) is 0.0619. The number of nitrogens with zero attached hydrogens (tertiary/aromatic N) is 3. The van der Waals surface area contributed by atoms with Gasteiger partial charge in [-0.1, -0.05) is 11.6 Å². The standard InChI is InChI=1S/C18H26ClF3N4.3ClH/c19-16-11-14(18(20,21)22)12-24-17(16)26-9-7-25(8-10-26)6-5-13-1-3-15(23)4-2-13;;;/h11-13,15H,1-10,23H2;3*1H. The van der Waals surface area contributed by atoms with E-state index in [9.17, 15) is 13.2 Å². The number of rotatable bonds is 4. The molecule has 0 atom stereocenters. The average Bonchev–Trinajstić information content (AvgIpc) is 2.61. The van der Waals surface area contributed by atoms with Gasteiger partial charge in [0.05, 0.1) is 10.6 Å². The fourth-order valence-corrected chi connectivity index (χ4v) is 4.13. The van der Waals surface area contributed by atoms with E-state index in [4.69, 9.17) is 17.3 Å². The molecule has 0 bridgehead atoms. The molecule has 0 aromatic carbocycles. The lowest BCUT2D eigenvalue weighted by Crippen LogP contribution is -2.47. The summed E-state index contributed by atoms with van der Waals surface area (Å²) < 4.78 is 38.2. The van der Waals surface area contributed by atoms with Gasteiger partial charge < -0.3 is 10.6 Å². The maximum Gasteiger partial charge on any atom is 0.417 e. The highest BCUT2D eigenvalue weighted by atomic mass is 35.5. The van der Waals surface area contributed by atoms with Crippen LogP contribution in [0.3, 0.4) is 0 Å². The Balaban J connectivity index is 0.00000261. The smallest absolute Gasteiger partial charge is 0.353 e. The van der Waals surface area contributed by atoms with Crippen LogP contribution in [-0.2, 0) is 6.18 Å². The number of piperazine rings is 1. The molecule has 0 spiro atoms. The first-order valence-corrected chi connectivity index (χ1v) is 9.66. The quantitative estimate of drug-likeness (QED) is 0.629. The molecule has 2 aliphatic rings. The molecule has 1 aliphatic carbocycles. The third-order valence-corrected chi connectivity index (χ3v) is 5.84. The summed E-state index contributed by atoms with van der Waals surface area (Å²) in [6.07, 6.45) is 2.37. The lowest BCUT2D eigenvalue weighted by Gasteiger charge is -2.37. The second kappa shape index (κ2) is 12.6. The summed E-state index contributed by atoms with van der Waals surface area (Å²) in [4.78, 5) is 8.35. The minimum atomic E-state index is -4.42. The fraction of sp³-hybridized carbons (Fsp3) is 0.722. The van der Waals surface area contributed by atoms with Gasteiger partial charge >= 0.3 is 6.18 Å². The number of anilines is 1. The van der Waals surface area contributed by atoms with Crippen molar-refractivity contribution in [2.24, 2.45) is 11.7 Å². The van der Waals surface area contributed by atoms with Gasteiger partial charge in [0.15, 0.2) is 0 Å². The van der Waals surface area contributed by atoms with E-state index in [1.165, 1.54) is 19.3 Å². The second-order valence-electron chi connectivity index (χ2n) is 7.43. The summed E-state index contributed by atoms with van der Waals surface area (Å²) >= 11 is 6.05. The van der Waals surface area contributed by atoms with Crippen LogP contribution in [0.5, 0.6) is 0 Å². The molecule has 1 aromatic heterocycles. The van der Waals surface area contributed by atoms with Crippen LogP contribution >= 0.6 is 48.8 Å². The number of hydrogen-bond donors (Lipinski definition) is 1. The fourth-order valence-electron chi connectivity index (χ4n) is 3.84. The molecule has 1 saturated heterocycles. The van der Waals surface area contributed by atoms with Crippen LogP contribution in [0.2, 0.25) is 5.02 Å². The molecule has 170 valence electrons. The first-order chi connectivity index (χ1) is 12.3. The summed E-state index contributed by atoms with van der Waals surface area (Å²) in [6, 6.07) is 1.35. The minimum Gasteiger partial charge on any atom is -0.353 e. The predicted octanol–water partition coefficient (Wildman–Crippen LogP) is 5.05. The molecular weight excluding hydrogens is 471 g/mol. The highest BCUT2D eigenvalue weighted by Crippen LogP contribution is 2.34. The zero-order valence-corrected chi connectivity index (χ0v) is 19.2. The molecule has 11 heteroatoms. The predicted molar refractivity (Wildman–Crippen MR) is 119 cm³/mol. The monoisotopic (exact) mass is 498 g/mol. The van der Waals surface area contributed by atoms with Crippen molar-refractivity contribution in [3.63, 3.8) is 0 Å². The van der Waals surface area contributed by atoms with Gasteiger partial charge in [-0.3, -0.25) is 4.90 Å². The Morgan fingerprint density at radius 1 is 1.03 bits per heavy atom. The molecule has 0 radical (unpaired) electrons.